The highest BCUT2D eigenvalue weighted by Crippen LogP contribution is 2.21. The standard InChI is InChI=1S/C13H17ClO3/c1-13(9-15-12(7-14)16-10-13)17-8-11-5-3-2-4-6-11/h2-6,12H,7-10H2,1H3. The van der Waals surface area contributed by atoms with Gasteiger partial charge in [0.05, 0.1) is 25.7 Å². The molecular formula is C13H17ClO3. The molecule has 0 bridgehead atoms. The van der Waals surface area contributed by atoms with Gasteiger partial charge in [-0.15, -0.1) is 11.6 Å². The van der Waals surface area contributed by atoms with Gasteiger partial charge in [-0.25, -0.2) is 0 Å². The lowest BCUT2D eigenvalue weighted by molar-refractivity contribution is -0.255. The molecule has 1 heterocycles. The molecule has 0 radical (unpaired) electrons. The van der Waals surface area contributed by atoms with Gasteiger partial charge < -0.3 is 14.2 Å². The summed E-state index contributed by atoms with van der Waals surface area (Å²) in [6, 6.07) is 10.1. The second kappa shape index (κ2) is 5.83. The summed E-state index contributed by atoms with van der Waals surface area (Å²) in [4.78, 5) is 0. The van der Waals surface area contributed by atoms with Crippen LogP contribution in [0, 0.1) is 0 Å². The Kier molecular flexibility index (Phi) is 4.40. The lowest BCUT2D eigenvalue weighted by atomic mass is 10.1. The van der Waals surface area contributed by atoms with Crippen molar-refractivity contribution < 1.29 is 14.2 Å². The fraction of sp³-hybridized carbons (Fsp3) is 0.538. The summed E-state index contributed by atoms with van der Waals surface area (Å²) in [6.45, 7) is 3.57. The van der Waals surface area contributed by atoms with Crippen LogP contribution >= 0.6 is 11.6 Å². The zero-order chi connectivity index (χ0) is 12.1. The van der Waals surface area contributed by atoms with Crippen molar-refractivity contribution in [3.63, 3.8) is 0 Å². The molecule has 0 unspecified atom stereocenters. The minimum absolute atomic E-state index is 0.301. The van der Waals surface area contributed by atoms with Crippen LogP contribution in [0.3, 0.4) is 0 Å². The van der Waals surface area contributed by atoms with Gasteiger partial charge in [0.1, 0.15) is 5.60 Å². The van der Waals surface area contributed by atoms with Crippen molar-refractivity contribution in [3.8, 4) is 0 Å². The van der Waals surface area contributed by atoms with Gasteiger partial charge in [0.15, 0.2) is 6.29 Å². The quantitative estimate of drug-likeness (QED) is 0.775. The number of rotatable bonds is 4. The van der Waals surface area contributed by atoms with Crippen LogP contribution in [-0.2, 0) is 20.8 Å². The molecule has 1 saturated heterocycles. The third-order valence-corrected chi connectivity index (χ3v) is 2.96. The number of halogens is 1. The normalized spacial score (nSPS) is 29.2. The van der Waals surface area contributed by atoms with Crippen molar-refractivity contribution >= 4 is 11.6 Å². The summed E-state index contributed by atoms with van der Waals surface area (Å²) in [5, 5.41) is 0. The van der Waals surface area contributed by atoms with Crippen molar-refractivity contribution in [2.75, 3.05) is 19.1 Å². The van der Waals surface area contributed by atoms with E-state index in [4.69, 9.17) is 25.8 Å². The monoisotopic (exact) mass is 256 g/mol. The predicted octanol–water partition coefficient (Wildman–Crippen LogP) is 2.57. The summed E-state index contributed by atoms with van der Waals surface area (Å²) in [6.07, 6.45) is -0.301. The molecule has 4 heteroatoms. The molecule has 17 heavy (non-hydrogen) atoms. The maximum absolute atomic E-state index is 5.86. The molecule has 1 fully saturated rings. The Labute approximate surface area is 107 Å². The first-order chi connectivity index (χ1) is 8.22. The molecule has 2 rings (SSSR count). The van der Waals surface area contributed by atoms with E-state index >= 15 is 0 Å². The second-order valence-corrected chi connectivity index (χ2v) is 4.74. The first-order valence-corrected chi connectivity index (χ1v) is 6.22. The summed E-state index contributed by atoms with van der Waals surface area (Å²) in [7, 11) is 0. The Morgan fingerprint density at radius 1 is 1.29 bits per heavy atom. The zero-order valence-electron chi connectivity index (χ0n) is 9.90. The highest BCUT2D eigenvalue weighted by atomic mass is 35.5. The van der Waals surface area contributed by atoms with Gasteiger partial charge in [0.25, 0.3) is 0 Å². The van der Waals surface area contributed by atoms with Gasteiger partial charge in [-0.1, -0.05) is 30.3 Å². The first kappa shape index (κ1) is 12.8. The number of benzene rings is 1. The lowest BCUT2D eigenvalue weighted by Crippen LogP contribution is -2.47. The molecule has 0 atom stereocenters. The molecule has 0 amide bonds. The highest BCUT2D eigenvalue weighted by Gasteiger charge is 2.33. The van der Waals surface area contributed by atoms with E-state index in [0.29, 0.717) is 25.7 Å². The van der Waals surface area contributed by atoms with Crippen LogP contribution in [0.15, 0.2) is 30.3 Å². The van der Waals surface area contributed by atoms with Crippen molar-refractivity contribution in [2.45, 2.75) is 25.4 Å². The Balaban J connectivity index is 1.83. The SMILES string of the molecule is CC1(OCc2ccccc2)COC(CCl)OC1. The maximum atomic E-state index is 5.86. The number of alkyl halides is 1. The fourth-order valence-corrected chi connectivity index (χ4v) is 1.81. The first-order valence-electron chi connectivity index (χ1n) is 5.69. The average molecular weight is 257 g/mol. The van der Waals surface area contributed by atoms with Gasteiger partial charge in [0, 0.05) is 0 Å². The molecule has 0 aromatic heterocycles. The zero-order valence-corrected chi connectivity index (χ0v) is 10.7. The minimum Gasteiger partial charge on any atom is -0.366 e. The van der Waals surface area contributed by atoms with Gasteiger partial charge >= 0.3 is 0 Å². The molecule has 1 aromatic rings. The van der Waals surface area contributed by atoms with Gasteiger partial charge in [-0.2, -0.15) is 0 Å². The van der Waals surface area contributed by atoms with Crippen LogP contribution < -0.4 is 0 Å². The Morgan fingerprint density at radius 2 is 1.94 bits per heavy atom. The summed E-state index contributed by atoms with van der Waals surface area (Å²) in [5.41, 5.74) is 0.756. The molecule has 0 saturated carbocycles. The predicted molar refractivity (Wildman–Crippen MR) is 66.0 cm³/mol. The third-order valence-electron chi connectivity index (χ3n) is 2.71. The molecule has 0 spiro atoms. The number of ether oxygens (including phenoxy) is 3. The van der Waals surface area contributed by atoms with Crippen molar-refractivity contribution in [2.24, 2.45) is 0 Å². The minimum atomic E-state index is -0.390. The summed E-state index contributed by atoms with van der Waals surface area (Å²) in [5.74, 6) is 0.356. The summed E-state index contributed by atoms with van der Waals surface area (Å²) < 4.78 is 16.8. The van der Waals surface area contributed by atoms with Crippen molar-refractivity contribution in [1.82, 2.24) is 0 Å². The molecule has 3 nitrogen and oxygen atoms in total. The highest BCUT2D eigenvalue weighted by molar-refractivity contribution is 6.18. The van der Waals surface area contributed by atoms with Crippen molar-refractivity contribution in [3.05, 3.63) is 35.9 Å². The molecule has 1 aromatic carbocycles. The Hall–Kier alpha value is -0.610. The van der Waals surface area contributed by atoms with E-state index in [2.05, 4.69) is 0 Å². The second-order valence-electron chi connectivity index (χ2n) is 4.43. The van der Waals surface area contributed by atoms with Crippen LogP contribution in [-0.4, -0.2) is 31.0 Å². The van der Waals surface area contributed by atoms with E-state index in [1.54, 1.807) is 0 Å². The van der Waals surface area contributed by atoms with Crippen LogP contribution in [0.2, 0.25) is 0 Å². The average Bonchev–Trinajstić information content (AvgIpc) is 2.39. The number of hydrogen-bond donors (Lipinski definition) is 0. The van der Waals surface area contributed by atoms with Crippen LogP contribution in [0.1, 0.15) is 12.5 Å². The third kappa shape index (κ3) is 3.68. The van der Waals surface area contributed by atoms with E-state index in [9.17, 15) is 0 Å². The van der Waals surface area contributed by atoms with Gasteiger partial charge in [-0.05, 0) is 12.5 Å². The summed E-state index contributed by atoms with van der Waals surface area (Å²) >= 11 is 5.66. The molecule has 0 aliphatic carbocycles. The van der Waals surface area contributed by atoms with E-state index < -0.39 is 5.60 Å². The van der Waals surface area contributed by atoms with E-state index in [0.717, 1.165) is 5.56 Å². The largest absolute Gasteiger partial charge is 0.366 e. The van der Waals surface area contributed by atoms with Crippen molar-refractivity contribution in [1.29, 1.82) is 0 Å². The van der Waals surface area contributed by atoms with E-state index in [1.807, 2.05) is 37.3 Å². The Bertz CT molecular complexity index is 334. The molecule has 0 N–H and O–H groups in total. The van der Waals surface area contributed by atoms with E-state index in [-0.39, 0.29) is 6.29 Å². The fourth-order valence-electron chi connectivity index (χ4n) is 1.63. The van der Waals surface area contributed by atoms with Crippen LogP contribution in [0.5, 0.6) is 0 Å². The van der Waals surface area contributed by atoms with Gasteiger partial charge in [-0.3, -0.25) is 0 Å². The van der Waals surface area contributed by atoms with Crippen LogP contribution in [0.4, 0.5) is 0 Å². The molecule has 94 valence electrons. The maximum Gasteiger partial charge on any atom is 0.171 e. The van der Waals surface area contributed by atoms with Crippen LogP contribution in [0.25, 0.3) is 0 Å². The molecule has 1 aliphatic rings. The lowest BCUT2D eigenvalue weighted by Gasteiger charge is -2.36. The number of hydrogen-bond acceptors (Lipinski definition) is 3. The molecular weight excluding hydrogens is 240 g/mol. The van der Waals surface area contributed by atoms with Gasteiger partial charge in [0.2, 0.25) is 0 Å². The molecule has 1 aliphatic heterocycles. The smallest absolute Gasteiger partial charge is 0.171 e. The van der Waals surface area contributed by atoms with E-state index in [1.165, 1.54) is 0 Å². The Morgan fingerprint density at radius 3 is 2.53 bits per heavy atom. The topological polar surface area (TPSA) is 27.7 Å².